The summed E-state index contributed by atoms with van der Waals surface area (Å²) in [5.74, 6) is -0.0207. The van der Waals surface area contributed by atoms with Crippen molar-refractivity contribution in [2.45, 2.75) is 50.5 Å². The first-order valence-corrected chi connectivity index (χ1v) is 9.67. The van der Waals surface area contributed by atoms with Crippen LogP contribution in [0.3, 0.4) is 0 Å². The Morgan fingerprint density at radius 2 is 1.88 bits per heavy atom. The van der Waals surface area contributed by atoms with Crippen LogP contribution in [0.15, 0.2) is 36.7 Å². The molecule has 1 saturated heterocycles. The molecule has 1 atom stereocenters. The lowest BCUT2D eigenvalue weighted by Crippen LogP contribution is -2.41. The van der Waals surface area contributed by atoms with E-state index in [1.54, 1.807) is 18.5 Å². The number of likely N-dealkylation sites (tertiary alicyclic amines) is 1. The van der Waals surface area contributed by atoms with Crippen molar-refractivity contribution in [2.24, 2.45) is 5.73 Å². The van der Waals surface area contributed by atoms with Gasteiger partial charge in [0.2, 0.25) is 5.91 Å². The first-order chi connectivity index (χ1) is 12.7. The van der Waals surface area contributed by atoms with E-state index in [1.165, 1.54) is 38.6 Å². The number of primary amides is 1. The van der Waals surface area contributed by atoms with Crippen molar-refractivity contribution in [3.8, 4) is 11.3 Å². The zero-order valence-electron chi connectivity index (χ0n) is 15.1. The van der Waals surface area contributed by atoms with E-state index in [4.69, 9.17) is 10.7 Å². The van der Waals surface area contributed by atoms with Crippen LogP contribution in [0.1, 0.15) is 60.5 Å². The van der Waals surface area contributed by atoms with Crippen LogP contribution in [-0.2, 0) is 0 Å². The van der Waals surface area contributed by atoms with E-state index in [0.717, 1.165) is 36.0 Å². The predicted molar refractivity (Wildman–Crippen MR) is 102 cm³/mol. The van der Waals surface area contributed by atoms with Crippen LogP contribution in [0.25, 0.3) is 11.3 Å². The lowest BCUT2D eigenvalue weighted by molar-refractivity contribution is 0.100. The van der Waals surface area contributed by atoms with Crippen LogP contribution in [0, 0.1) is 0 Å². The van der Waals surface area contributed by atoms with Gasteiger partial charge in [0.25, 0.3) is 0 Å². The molecule has 1 unspecified atom stereocenters. The van der Waals surface area contributed by atoms with Gasteiger partial charge in [-0.25, -0.2) is 0 Å². The number of carbonyl (C=O) groups excluding carboxylic acids is 1. The maximum atomic E-state index is 11.5. The highest BCUT2D eigenvalue weighted by atomic mass is 16.1. The maximum Gasteiger partial charge on any atom is 0.248 e. The molecule has 0 radical (unpaired) electrons. The van der Waals surface area contributed by atoms with Gasteiger partial charge in [-0.05, 0) is 44.4 Å². The molecule has 1 aromatic carbocycles. The molecule has 2 aromatic rings. The smallest absolute Gasteiger partial charge is 0.248 e. The summed E-state index contributed by atoms with van der Waals surface area (Å²) >= 11 is 0. The van der Waals surface area contributed by atoms with Gasteiger partial charge in [-0.1, -0.05) is 25.0 Å². The lowest BCUT2D eigenvalue weighted by atomic mass is 9.90. The Kier molecular flexibility index (Phi) is 4.98. The summed E-state index contributed by atoms with van der Waals surface area (Å²) < 4.78 is 0. The number of nitrogens with two attached hydrogens (primary N) is 1. The number of amides is 1. The van der Waals surface area contributed by atoms with E-state index < -0.39 is 5.91 Å². The number of carbonyl (C=O) groups is 1. The number of hydrogen-bond acceptors (Lipinski definition) is 4. The second-order valence-electron chi connectivity index (χ2n) is 7.51. The molecule has 1 aliphatic carbocycles. The average Bonchev–Trinajstić information content (AvgIpc) is 3.23. The zero-order valence-corrected chi connectivity index (χ0v) is 15.1. The molecule has 2 heterocycles. The van der Waals surface area contributed by atoms with Gasteiger partial charge < -0.3 is 5.73 Å². The lowest BCUT2D eigenvalue weighted by Gasteiger charge is -2.37. The van der Waals surface area contributed by atoms with Gasteiger partial charge in [0, 0.05) is 42.0 Å². The van der Waals surface area contributed by atoms with Crippen LogP contribution in [0.5, 0.6) is 0 Å². The Morgan fingerprint density at radius 3 is 2.69 bits per heavy atom. The number of benzene rings is 1. The molecule has 2 N–H and O–H groups in total. The highest BCUT2D eigenvalue weighted by Gasteiger charge is 2.30. The van der Waals surface area contributed by atoms with Crippen molar-refractivity contribution in [3.05, 3.63) is 47.9 Å². The average molecular weight is 350 g/mol. The second kappa shape index (κ2) is 7.54. The Labute approximate surface area is 154 Å². The quantitative estimate of drug-likeness (QED) is 0.918. The molecule has 136 valence electrons. The molecule has 5 nitrogen and oxygen atoms in total. The molecule has 1 aliphatic heterocycles. The first-order valence-electron chi connectivity index (χ1n) is 9.67. The fraction of sp³-hybridized carbons (Fsp3) is 0.476. The highest BCUT2D eigenvalue weighted by Crippen LogP contribution is 2.35. The third-order valence-electron chi connectivity index (χ3n) is 5.83. The normalized spacial score (nSPS) is 21.8. The number of piperidine rings is 1. The van der Waals surface area contributed by atoms with Crippen molar-refractivity contribution >= 4 is 5.91 Å². The van der Waals surface area contributed by atoms with Gasteiger partial charge in [-0.3, -0.25) is 19.7 Å². The minimum absolute atomic E-state index is 0.394. The van der Waals surface area contributed by atoms with Gasteiger partial charge in [0.05, 0.1) is 11.4 Å². The Morgan fingerprint density at radius 1 is 1.08 bits per heavy atom. The molecule has 5 heteroatoms. The van der Waals surface area contributed by atoms with E-state index >= 15 is 0 Å². The molecular weight excluding hydrogens is 324 g/mol. The molecule has 2 aliphatic rings. The molecular formula is C21H26N4O. The number of aromatic nitrogens is 2. The summed E-state index contributed by atoms with van der Waals surface area (Å²) in [4.78, 5) is 23.5. The molecule has 1 aromatic heterocycles. The van der Waals surface area contributed by atoms with Crippen molar-refractivity contribution in [1.29, 1.82) is 0 Å². The minimum Gasteiger partial charge on any atom is -0.366 e. The van der Waals surface area contributed by atoms with Gasteiger partial charge in [-0.2, -0.15) is 0 Å². The van der Waals surface area contributed by atoms with Crippen molar-refractivity contribution in [2.75, 3.05) is 13.1 Å². The van der Waals surface area contributed by atoms with E-state index in [9.17, 15) is 4.79 Å². The Balaban J connectivity index is 1.63. The third-order valence-corrected chi connectivity index (χ3v) is 5.83. The van der Waals surface area contributed by atoms with E-state index in [-0.39, 0.29) is 0 Å². The summed E-state index contributed by atoms with van der Waals surface area (Å²) in [6.07, 6.45) is 11.3. The predicted octanol–water partition coefficient (Wildman–Crippen LogP) is 3.36. The second-order valence-corrected chi connectivity index (χ2v) is 7.51. The largest absolute Gasteiger partial charge is 0.366 e. The molecule has 1 amide bonds. The molecule has 2 fully saturated rings. The summed E-state index contributed by atoms with van der Waals surface area (Å²) in [5.41, 5.74) is 8.81. The Hall–Kier alpha value is -2.27. The number of rotatable bonds is 4. The van der Waals surface area contributed by atoms with Gasteiger partial charge in [0.15, 0.2) is 0 Å². The summed E-state index contributed by atoms with van der Waals surface area (Å²) in [5, 5.41) is 0. The molecule has 0 bridgehead atoms. The monoisotopic (exact) mass is 350 g/mol. The molecule has 1 saturated carbocycles. The number of hydrogen-bond donors (Lipinski definition) is 1. The zero-order chi connectivity index (χ0) is 17.9. The summed E-state index contributed by atoms with van der Waals surface area (Å²) in [7, 11) is 0. The third kappa shape index (κ3) is 3.49. The van der Waals surface area contributed by atoms with Crippen molar-refractivity contribution in [3.63, 3.8) is 0 Å². The van der Waals surface area contributed by atoms with E-state index in [2.05, 4.69) is 9.88 Å². The fourth-order valence-electron chi connectivity index (χ4n) is 4.52. The minimum atomic E-state index is -0.414. The van der Waals surface area contributed by atoms with Crippen molar-refractivity contribution < 1.29 is 4.79 Å². The maximum absolute atomic E-state index is 11.5. The molecule has 0 spiro atoms. The van der Waals surface area contributed by atoms with Gasteiger partial charge >= 0.3 is 0 Å². The Bertz CT molecular complexity index is 785. The fourth-order valence-corrected chi connectivity index (χ4v) is 4.52. The van der Waals surface area contributed by atoms with E-state index in [1.807, 2.05) is 18.2 Å². The van der Waals surface area contributed by atoms with Crippen LogP contribution in [0.2, 0.25) is 0 Å². The summed E-state index contributed by atoms with van der Waals surface area (Å²) in [6.45, 7) is 2.26. The van der Waals surface area contributed by atoms with Gasteiger partial charge in [-0.15, -0.1) is 0 Å². The first kappa shape index (κ1) is 17.2. The van der Waals surface area contributed by atoms with Gasteiger partial charge in [0.1, 0.15) is 0 Å². The van der Waals surface area contributed by atoms with Crippen LogP contribution >= 0.6 is 0 Å². The van der Waals surface area contributed by atoms with E-state index in [0.29, 0.717) is 11.5 Å². The standard InChI is InChI=1S/C21H26N4O/c22-21(26)16-6-3-5-15(13-16)19-20(24-11-10-23-19)17-7-4-12-25(14-17)18-8-1-2-9-18/h3,5-6,10-11,13,17-18H,1-2,4,7-9,12,14H2,(H2,22,26). The van der Waals surface area contributed by atoms with Crippen LogP contribution in [0.4, 0.5) is 0 Å². The topological polar surface area (TPSA) is 72.1 Å². The van der Waals surface area contributed by atoms with Crippen LogP contribution < -0.4 is 5.73 Å². The SMILES string of the molecule is NC(=O)c1cccc(-c2nccnc2C2CCCN(C3CCCC3)C2)c1. The number of nitrogens with zero attached hydrogens (tertiary/aromatic N) is 3. The van der Waals surface area contributed by atoms with Crippen LogP contribution in [-0.4, -0.2) is 39.9 Å². The molecule has 26 heavy (non-hydrogen) atoms. The van der Waals surface area contributed by atoms with Crippen molar-refractivity contribution in [1.82, 2.24) is 14.9 Å². The molecule has 4 rings (SSSR count). The highest BCUT2D eigenvalue weighted by molar-refractivity contribution is 5.94. The summed E-state index contributed by atoms with van der Waals surface area (Å²) in [6, 6.07) is 8.16.